The number of nitrogens with zero attached hydrogens (tertiary/aromatic N) is 3. The molecule has 0 atom stereocenters. The number of rotatable bonds is 8. The van der Waals surface area contributed by atoms with Crippen molar-refractivity contribution in [1.29, 1.82) is 5.41 Å². The number of aromatic nitrogens is 2. The van der Waals surface area contributed by atoms with Gasteiger partial charge in [-0.1, -0.05) is 42.1 Å². The number of nitrogens with one attached hydrogen (secondary N) is 1. The third-order valence-corrected chi connectivity index (χ3v) is 3.72. The summed E-state index contributed by atoms with van der Waals surface area (Å²) >= 11 is 1.48. The first-order valence-corrected chi connectivity index (χ1v) is 8.77. The van der Waals surface area contributed by atoms with E-state index in [1.165, 1.54) is 11.8 Å². The van der Waals surface area contributed by atoms with Crippen molar-refractivity contribution < 1.29 is 4.74 Å². The highest BCUT2D eigenvalue weighted by atomic mass is 32.2. The lowest BCUT2D eigenvalue weighted by molar-refractivity contribution is 0.158. The molecule has 1 aromatic heterocycles. The molecule has 0 bridgehead atoms. The molecule has 6 heteroatoms. The Morgan fingerprint density at radius 3 is 2.67 bits per heavy atom. The van der Waals surface area contributed by atoms with Crippen LogP contribution in [0.4, 0.5) is 0 Å². The van der Waals surface area contributed by atoms with Gasteiger partial charge in [-0.15, -0.1) is 0 Å². The first-order chi connectivity index (χ1) is 11.6. The highest BCUT2D eigenvalue weighted by Gasteiger charge is 2.12. The summed E-state index contributed by atoms with van der Waals surface area (Å²) in [6.45, 7) is 0.714. The van der Waals surface area contributed by atoms with Gasteiger partial charge in [-0.25, -0.2) is 9.97 Å². The molecule has 0 aliphatic heterocycles. The molecule has 1 N–H and O–H groups in total. The van der Waals surface area contributed by atoms with Crippen LogP contribution in [0.5, 0.6) is 0 Å². The first kappa shape index (κ1) is 18.2. The van der Waals surface area contributed by atoms with E-state index in [0.29, 0.717) is 17.5 Å². The van der Waals surface area contributed by atoms with Gasteiger partial charge in [0.15, 0.2) is 5.16 Å². The van der Waals surface area contributed by atoms with Crippen LogP contribution in [0.15, 0.2) is 54.0 Å². The quantitative estimate of drug-likeness (QED) is 0.453. The average Bonchev–Trinajstić information content (AvgIpc) is 2.60. The van der Waals surface area contributed by atoms with Crippen molar-refractivity contribution in [2.45, 2.75) is 11.8 Å². The maximum absolute atomic E-state index is 8.38. The summed E-state index contributed by atoms with van der Waals surface area (Å²) in [7, 11) is 3.85. The minimum absolute atomic E-state index is 0.229. The zero-order valence-electron chi connectivity index (χ0n) is 14.2. The summed E-state index contributed by atoms with van der Waals surface area (Å²) in [5.41, 5.74) is 2.96. The zero-order chi connectivity index (χ0) is 17.4. The highest BCUT2D eigenvalue weighted by Crippen LogP contribution is 2.17. The van der Waals surface area contributed by atoms with Gasteiger partial charge in [0.05, 0.1) is 24.6 Å². The van der Waals surface area contributed by atoms with Crippen molar-refractivity contribution in [3.05, 3.63) is 60.1 Å². The Morgan fingerprint density at radius 2 is 2.00 bits per heavy atom. The molecule has 0 saturated carbocycles. The van der Waals surface area contributed by atoms with Crippen LogP contribution in [0.25, 0.3) is 5.57 Å². The third kappa shape index (κ3) is 5.47. The molecule has 0 fully saturated rings. The third-order valence-electron chi connectivity index (χ3n) is 3.16. The van der Waals surface area contributed by atoms with Gasteiger partial charge >= 0.3 is 0 Å². The Labute approximate surface area is 147 Å². The molecule has 0 saturated heterocycles. The lowest BCUT2D eigenvalue weighted by Crippen LogP contribution is -2.14. The van der Waals surface area contributed by atoms with E-state index in [1.54, 1.807) is 6.20 Å². The predicted molar refractivity (Wildman–Crippen MR) is 99.3 cm³/mol. The molecule has 0 aliphatic rings. The SMILES string of the molecule is CSc1nccc(C(=CN(C)C)C(=N)COCc2ccccc2)n1. The Bertz CT molecular complexity index is 701. The van der Waals surface area contributed by atoms with Crippen LogP contribution < -0.4 is 0 Å². The number of thioether (sulfide) groups is 1. The lowest BCUT2D eigenvalue weighted by Gasteiger charge is -2.14. The highest BCUT2D eigenvalue weighted by molar-refractivity contribution is 7.98. The number of ether oxygens (including phenoxy) is 1. The van der Waals surface area contributed by atoms with Crippen molar-refractivity contribution in [2.24, 2.45) is 0 Å². The fraction of sp³-hybridized carbons (Fsp3) is 0.278. The van der Waals surface area contributed by atoms with E-state index >= 15 is 0 Å². The summed E-state index contributed by atoms with van der Waals surface area (Å²) in [6.07, 6.45) is 5.54. The van der Waals surface area contributed by atoms with Crippen molar-refractivity contribution in [3.63, 3.8) is 0 Å². The second-order valence-electron chi connectivity index (χ2n) is 5.39. The number of benzene rings is 1. The molecule has 0 radical (unpaired) electrons. The van der Waals surface area contributed by atoms with Crippen molar-refractivity contribution >= 4 is 23.0 Å². The molecule has 1 aromatic carbocycles. The molecule has 0 unspecified atom stereocenters. The summed E-state index contributed by atoms with van der Waals surface area (Å²) in [6, 6.07) is 11.8. The Balaban J connectivity index is 2.08. The average molecular weight is 342 g/mol. The van der Waals surface area contributed by atoms with E-state index in [0.717, 1.165) is 16.8 Å². The normalized spacial score (nSPS) is 11.4. The van der Waals surface area contributed by atoms with E-state index in [4.69, 9.17) is 10.1 Å². The van der Waals surface area contributed by atoms with Crippen LogP contribution in [0, 0.1) is 5.41 Å². The fourth-order valence-corrected chi connectivity index (χ4v) is 2.42. The van der Waals surface area contributed by atoms with Gasteiger partial charge in [-0.05, 0) is 17.9 Å². The van der Waals surface area contributed by atoms with Crippen molar-refractivity contribution in [2.75, 3.05) is 27.0 Å². The molecule has 1 heterocycles. The number of hydrogen-bond donors (Lipinski definition) is 1. The summed E-state index contributed by atoms with van der Waals surface area (Å²) in [5, 5.41) is 9.07. The van der Waals surface area contributed by atoms with E-state index in [2.05, 4.69) is 9.97 Å². The van der Waals surface area contributed by atoms with Crippen LogP contribution >= 0.6 is 11.8 Å². The Hall–Kier alpha value is -2.18. The molecule has 0 amide bonds. The molecule has 2 rings (SSSR count). The molecule has 0 spiro atoms. The van der Waals surface area contributed by atoms with Crippen LogP contribution in [0.3, 0.4) is 0 Å². The number of hydrogen-bond acceptors (Lipinski definition) is 6. The van der Waals surface area contributed by atoms with Crippen molar-refractivity contribution in [1.82, 2.24) is 14.9 Å². The summed E-state index contributed by atoms with van der Waals surface area (Å²) < 4.78 is 5.69. The molecular formula is C18H22N4OS. The molecule has 5 nitrogen and oxygen atoms in total. The smallest absolute Gasteiger partial charge is 0.187 e. The summed E-state index contributed by atoms with van der Waals surface area (Å²) in [5.74, 6) is 0. The van der Waals surface area contributed by atoms with Gasteiger partial charge < -0.3 is 15.0 Å². The summed E-state index contributed by atoms with van der Waals surface area (Å²) in [4.78, 5) is 10.6. The van der Waals surface area contributed by atoms with Crippen LogP contribution in [0.2, 0.25) is 0 Å². The standard InChI is InChI=1S/C18H22N4OS/c1-22(2)11-15(17-9-10-20-18(21-17)24-3)16(19)13-23-12-14-7-5-4-6-8-14/h4-11,19H,12-13H2,1-3H3. The van der Waals surface area contributed by atoms with E-state index in [-0.39, 0.29) is 6.61 Å². The van der Waals surface area contributed by atoms with Gasteiger partial charge in [0, 0.05) is 32.1 Å². The zero-order valence-corrected chi connectivity index (χ0v) is 15.0. The van der Waals surface area contributed by atoms with Gasteiger partial charge in [0.1, 0.15) is 0 Å². The molecule has 126 valence electrons. The Morgan fingerprint density at radius 1 is 1.25 bits per heavy atom. The van der Waals surface area contributed by atoms with Crippen LogP contribution in [0.1, 0.15) is 11.3 Å². The fourth-order valence-electron chi connectivity index (χ4n) is 2.07. The van der Waals surface area contributed by atoms with Gasteiger partial charge in [-0.3, -0.25) is 0 Å². The monoisotopic (exact) mass is 342 g/mol. The van der Waals surface area contributed by atoms with Crippen LogP contribution in [-0.4, -0.2) is 47.5 Å². The lowest BCUT2D eigenvalue weighted by atomic mass is 10.1. The first-order valence-electron chi connectivity index (χ1n) is 7.55. The largest absolute Gasteiger partial charge is 0.383 e. The van der Waals surface area contributed by atoms with E-state index in [9.17, 15) is 0 Å². The predicted octanol–water partition coefficient (Wildman–Crippen LogP) is 3.34. The van der Waals surface area contributed by atoms with Crippen molar-refractivity contribution in [3.8, 4) is 0 Å². The minimum atomic E-state index is 0.229. The Kier molecular flexibility index (Phi) is 6.96. The second kappa shape index (κ2) is 9.20. The van der Waals surface area contributed by atoms with Crippen LogP contribution in [-0.2, 0) is 11.3 Å². The van der Waals surface area contributed by atoms with Gasteiger partial charge in [0.2, 0.25) is 0 Å². The topological polar surface area (TPSA) is 62.1 Å². The minimum Gasteiger partial charge on any atom is -0.383 e. The maximum Gasteiger partial charge on any atom is 0.187 e. The molecule has 0 aliphatic carbocycles. The van der Waals surface area contributed by atoms with E-state index in [1.807, 2.05) is 67.8 Å². The van der Waals surface area contributed by atoms with Gasteiger partial charge in [0.25, 0.3) is 0 Å². The molecular weight excluding hydrogens is 320 g/mol. The maximum atomic E-state index is 8.38. The molecule has 24 heavy (non-hydrogen) atoms. The second-order valence-corrected chi connectivity index (χ2v) is 6.17. The van der Waals surface area contributed by atoms with E-state index < -0.39 is 0 Å². The molecule has 2 aromatic rings. The van der Waals surface area contributed by atoms with Gasteiger partial charge in [-0.2, -0.15) is 0 Å².